The van der Waals surface area contributed by atoms with Gasteiger partial charge in [-0.05, 0) is 5.56 Å². The van der Waals surface area contributed by atoms with Gasteiger partial charge in [0.15, 0.2) is 0 Å². The maximum Gasteiger partial charge on any atom is 0.0773 e. The zero-order valence-corrected chi connectivity index (χ0v) is 7.65. The van der Waals surface area contributed by atoms with Gasteiger partial charge in [-0.1, -0.05) is 36.0 Å². The Kier molecular flexibility index (Phi) is 2.97. The van der Waals surface area contributed by atoms with Crippen LogP contribution < -0.4 is 5.19 Å². The largest absolute Gasteiger partial charge is 0.122 e. The Labute approximate surface area is 69.0 Å². The summed E-state index contributed by atoms with van der Waals surface area (Å²) in [6, 6.07) is 8.43. The summed E-state index contributed by atoms with van der Waals surface area (Å²) in [5.41, 5.74) is 1.20. The molecule has 0 fully saturated rings. The topological polar surface area (TPSA) is 0 Å². The van der Waals surface area contributed by atoms with Gasteiger partial charge in [-0.3, -0.25) is 0 Å². The molecule has 0 aliphatic carbocycles. The molecule has 0 bridgehead atoms. The Hall–Kier alpha value is -0.273. The van der Waals surface area contributed by atoms with Crippen molar-refractivity contribution in [2.24, 2.45) is 0 Å². The highest BCUT2D eigenvalue weighted by Gasteiger charge is 1.89. The molecule has 1 aromatic carbocycles. The monoisotopic (exact) mass is 168 g/mol. The van der Waals surface area contributed by atoms with Crippen molar-refractivity contribution in [1.29, 1.82) is 0 Å². The van der Waals surface area contributed by atoms with E-state index in [1.807, 2.05) is 0 Å². The van der Waals surface area contributed by atoms with E-state index < -0.39 is 0 Å². The Morgan fingerprint density at radius 2 is 1.90 bits per heavy atom. The van der Waals surface area contributed by atoms with Crippen molar-refractivity contribution in [3.8, 4) is 0 Å². The first-order chi connectivity index (χ1) is 4.86. The molecule has 0 saturated carbocycles. The predicted octanol–water partition coefficient (Wildman–Crippen LogP) is 1.80. The number of hydrogen-bond acceptors (Lipinski definition) is 0. The molecule has 0 spiro atoms. The van der Waals surface area contributed by atoms with Crippen molar-refractivity contribution in [3.63, 3.8) is 0 Å². The molecule has 52 valence electrons. The van der Waals surface area contributed by atoms with E-state index in [2.05, 4.69) is 30.8 Å². The van der Waals surface area contributed by atoms with Crippen LogP contribution >= 0.6 is 11.6 Å². The van der Waals surface area contributed by atoms with E-state index in [-0.39, 0.29) is 0 Å². The van der Waals surface area contributed by atoms with Crippen LogP contribution in [-0.4, -0.2) is 9.52 Å². The second kappa shape index (κ2) is 3.79. The summed E-state index contributed by atoms with van der Waals surface area (Å²) >= 11 is 5.62. The van der Waals surface area contributed by atoms with Crippen LogP contribution in [0, 0.1) is 0 Å². The van der Waals surface area contributed by atoms with Crippen LogP contribution in [0.5, 0.6) is 0 Å². The molecular weight excluding hydrogens is 160 g/mol. The summed E-state index contributed by atoms with van der Waals surface area (Å²) in [6.07, 6.45) is 0. The summed E-state index contributed by atoms with van der Waals surface area (Å²) < 4.78 is 0. The van der Waals surface area contributed by atoms with Crippen LogP contribution in [0.1, 0.15) is 5.56 Å². The smallest absolute Gasteiger partial charge is 0.0773 e. The Morgan fingerprint density at radius 3 is 2.30 bits per heavy atom. The molecule has 0 unspecified atom stereocenters. The highest BCUT2D eigenvalue weighted by molar-refractivity contribution is 6.51. The van der Waals surface area contributed by atoms with Gasteiger partial charge in [-0.15, -0.1) is 11.6 Å². The van der Waals surface area contributed by atoms with Crippen molar-refractivity contribution in [2.75, 3.05) is 0 Å². The molecule has 2 radical (unpaired) electrons. The SMILES string of the molecule is C[Si]c1ccc(CCl)cc1. The van der Waals surface area contributed by atoms with Crippen LogP contribution in [-0.2, 0) is 5.88 Å². The number of alkyl halides is 1. The zero-order valence-electron chi connectivity index (χ0n) is 5.89. The Morgan fingerprint density at radius 1 is 1.30 bits per heavy atom. The fourth-order valence-corrected chi connectivity index (χ4v) is 1.44. The van der Waals surface area contributed by atoms with Crippen molar-refractivity contribution in [2.45, 2.75) is 12.4 Å². The van der Waals surface area contributed by atoms with E-state index in [0.29, 0.717) is 5.88 Å². The molecule has 0 aliphatic rings. The Bertz CT molecular complexity index is 170. The fourth-order valence-electron chi connectivity index (χ4n) is 0.760. The molecule has 2 heteroatoms. The van der Waals surface area contributed by atoms with Crippen molar-refractivity contribution in [3.05, 3.63) is 29.8 Å². The van der Waals surface area contributed by atoms with E-state index >= 15 is 0 Å². The molecule has 0 heterocycles. The minimum atomic E-state index is 0.618. The number of halogens is 1. The van der Waals surface area contributed by atoms with E-state index in [1.54, 1.807) is 0 Å². The molecule has 10 heavy (non-hydrogen) atoms. The van der Waals surface area contributed by atoms with Crippen LogP contribution in [0.4, 0.5) is 0 Å². The second-order valence-electron chi connectivity index (χ2n) is 2.08. The van der Waals surface area contributed by atoms with Crippen molar-refractivity contribution >= 4 is 26.3 Å². The number of benzene rings is 1. The van der Waals surface area contributed by atoms with Gasteiger partial charge >= 0.3 is 0 Å². The lowest BCUT2D eigenvalue weighted by atomic mass is 10.2. The summed E-state index contributed by atoms with van der Waals surface area (Å²) in [6.45, 7) is 2.18. The summed E-state index contributed by atoms with van der Waals surface area (Å²) in [4.78, 5) is 0. The van der Waals surface area contributed by atoms with Gasteiger partial charge in [-0.2, -0.15) is 0 Å². The maximum absolute atomic E-state index is 5.62. The normalized spacial score (nSPS) is 9.80. The summed E-state index contributed by atoms with van der Waals surface area (Å²) in [7, 11) is 0.885. The lowest BCUT2D eigenvalue weighted by Crippen LogP contribution is -2.08. The second-order valence-corrected chi connectivity index (χ2v) is 3.43. The highest BCUT2D eigenvalue weighted by atomic mass is 35.5. The molecule has 0 nitrogen and oxygen atoms in total. The minimum Gasteiger partial charge on any atom is -0.122 e. The average Bonchev–Trinajstić information content (AvgIpc) is 2.05. The highest BCUT2D eigenvalue weighted by Crippen LogP contribution is 1.99. The van der Waals surface area contributed by atoms with E-state index in [0.717, 1.165) is 9.52 Å². The molecule has 0 amide bonds. The Balaban J connectivity index is 2.80. The lowest BCUT2D eigenvalue weighted by molar-refractivity contribution is 1.41. The number of hydrogen-bond donors (Lipinski definition) is 0. The molecule has 1 aromatic rings. The van der Waals surface area contributed by atoms with E-state index in [4.69, 9.17) is 11.6 Å². The molecule has 0 aliphatic heterocycles. The van der Waals surface area contributed by atoms with E-state index in [9.17, 15) is 0 Å². The quantitative estimate of drug-likeness (QED) is 0.467. The maximum atomic E-state index is 5.62. The van der Waals surface area contributed by atoms with Gasteiger partial charge in [-0.25, -0.2) is 0 Å². The molecule has 0 atom stereocenters. The van der Waals surface area contributed by atoms with Gasteiger partial charge in [0.1, 0.15) is 0 Å². The van der Waals surface area contributed by atoms with Crippen molar-refractivity contribution < 1.29 is 0 Å². The van der Waals surface area contributed by atoms with Gasteiger partial charge < -0.3 is 0 Å². The minimum absolute atomic E-state index is 0.618. The summed E-state index contributed by atoms with van der Waals surface area (Å²) in [5, 5.41) is 1.40. The standard InChI is InChI=1S/C8H9ClSi/c1-10-8-4-2-7(6-9)3-5-8/h2-5H,6H2,1H3. The van der Waals surface area contributed by atoms with Gasteiger partial charge in [0.2, 0.25) is 0 Å². The molecule has 0 N–H and O–H groups in total. The average molecular weight is 169 g/mol. The predicted molar refractivity (Wildman–Crippen MR) is 47.3 cm³/mol. The molecular formula is C8H9ClSi. The third-order valence-electron chi connectivity index (χ3n) is 1.40. The third kappa shape index (κ3) is 1.86. The first kappa shape index (κ1) is 7.83. The van der Waals surface area contributed by atoms with Gasteiger partial charge in [0.25, 0.3) is 0 Å². The van der Waals surface area contributed by atoms with Crippen LogP contribution in [0.15, 0.2) is 24.3 Å². The fraction of sp³-hybridized carbons (Fsp3) is 0.250. The van der Waals surface area contributed by atoms with Gasteiger partial charge in [0.05, 0.1) is 9.52 Å². The zero-order chi connectivity index (χ0) is 7.40. The van der Waals surface area contributed by atoms with Crippen LogP contribution in [0.3, 0.4) is 0 Å². The van der Waals surface area contributed by atoms with Gasteiger partial charge in [0, 0.05) is 5.88 Å². The van der Waals surface area contributed by atoms with Crippen LogP contribution in [0.25, 0.3) is 0 Å². The van der Waals surface area contributed by atoms with Crippen molar-refractivity contribution in [1.82, 2.24) is 0 Å². The lowest BCUT2D eigenvalue weighted by Gasteiger charge is -1.96. The first-order valence-electron chi connectivity index (χ1n) is 3.19. The first-order valence-corrected chi connectivity index (χ1v) is 5.23. The summed E-state index contributed by atoms with van der Waals surface area (Å²) in [5.74, 6) is 0.618. The van der Waals surface area contributed by atoms with E-state index in [1.165, 1.54) is 10.8 Å². The number of rotatable bonds is 2. The molecule has 1 rings (SSSR count). The molecule has 0 saturated heterocycles. The third-order valence-corrected chi connectivity index (χ3v) is 2.62. The van der Waals surface area contributed by atoms with Crippen LogP contribution in [0.2, 0.25) is 6.55 Å². The molecule has 0 aromatic heterocycles.